The van der Waals surface area contributed by atoms with E-state index >= 15 is 0 Å². The summed E-state index contributed by atoms with van der Waals surface area (Å²) in [6, 6.07) is 5.70. The number of carbonyl (C=O) groups excluding carboxylic acids is 3. The minimum Gasteiger partial charge on any atom is -0.483 e. The van der Waals surface area contributed by atoms with Gasteiger partial charge in [0.05, 0.1) is 35.8 Å². The van der Waals surface area contributed by atoms with Crippen molar-refractivity contribution < 1.29 is 23.9 Å². The molecule has 3 aliphatic heterocycles. The lowest BCUT2D eigenvalue weighted by molar-refractivity contribution is -0.152. The Balaban J connectivity index is 1.33. The third-order valence-corrected chi connectivity index (χ3v) is 10.2. The fourth-order valence-electron chi connectivity index (χ4n) is 7.64. The van der Waals surface area contributed by atoms with Crippen molar-refractivity contribution in [2.24, 2.45) is 17.3 Å². The van der Waals surface area contributed by atoms with E-state index in [0.29, 0.717) is 19.4 Å². The van der Waals surface area contributed by atoms with Gasteiger partial charge in [0.25, 0.3) is 0 Å². The molecule has 2 fully saturated rings. The van der Waals surface area contributed by atoms with Crippen molar-refractivity contribution in [2.75, 3.05) is 13.2 Å². The largest absolute Gasteiger partial charge is 0.483 e. The summed E-state index contributed by atoms with van der Waals surface area (Å²) in [6.45, 7) is 8.53. The number of esters is 1. The van der Waals surface area contributed by atoms with Crippen LogP contribution in [0.3, 0.4) is 0 Å². The molecular formula is C35H44N2O5. The molecule has 224 valence electrons. The van der Waals surface area contributed by atoms with E-state index < -0.39 is 17.1 Å². The van der Waals surface area contributed by atoms with Crippen molar-refractivity contribution in [3.8, 4) is 5.75 Å². The Morgan fingerprint density at radius 2 is 2.00 bits per heavy atom. The fourth-order valence-corrected chi connectivity index (χ4v) is 7.64. The van der Waals surface area contributed by atoms with Gasteiger partial charge in [0, 0.05) is 29.7 Å². The predicted molar refractivity (Wildman–Crippen MR) is 161 cm³/mol. The summed E-state index contributed by atoms with van der Waals surface area (Å²) < 4.78 is 12.4. The number of aryl methyl sites for hydroxylation is 3. The van der Waals surface area contributed by atoms with Crippen molar-refractivity contribution >= 4 is 28.6 Å². The lowest BCUT2D eigenvalue weighted by atomic mass is 9.85. The molecule has 1 aromatic heterocycles. The number of fused-ring (bicyclic) bond motifs is 5. The van der Waals surface area contributed by atoms with Gasteiger partial charge in [0.15, 0.2) is 5.78 Å². The van der Waals surface area contributed by atoms with Gasteiger partial charge < -0.3 is 14.4 Å². The van der Waals surface area contributed by atoms with Crippen LogP contribution in [-0.2, 0) is 25.5 Å². The number of amides is 1. The second-order valence-electron chi connectivity index (χ2n) is 13.3. The smallest absolute Gasteiger partial charge is 0.313 e. The van der Waals surface area contributed by atoms with Gasteiger partial charge >= 0.3 is 5.97 Å². The fraction of sp³-hybridized carbons (Fsp3) is 0.600. The first-order chi connectivity index (χ1) is 20.2. The molecule has 0 radical (unpaired) electrons. The third-order valence-electron chi connectivity index (χ3n) is 10.2. The van der Waals surface area contributed by atoms with Crippen LogP contribution in [0.4, 0.5) is 0 Å². The van der Waals surface area contributed by atoms with E-state index in [1.807, 2.05) is 13.8 Å². The zero-order valence-electron chi connectivity index (χ0n) is 25.5. The number of aromatic nitrogens is 1. The number of Topliss-reactive ketones (excluding diaryl/α,β-unsaturated/α-hetero) is 1. The van der Waals surface area contributed by atoms with Crippen LogP contribution in [0.2, 0.25) is 0 Å². The summed E-state index contributed by atoms with van der Waals surface area (Å²) in [6.07, 6.45) is 11.8. The van der Waals surface area contributed by atoms with Crippen LogP contribution >= 0.6 is 0 Å². The number of nitrogens with zero attached hydrogens (tertiary/aromatic N) is 2. The van der Waals surface area contributed by atoms with E-state index in [2.05, 4.69) is 37.3 Å². The van der Waals surface area contributed by atoms with Gasteiger partial charge in [-0.2, -0.15) is 0 Å². The van der Waals surface area contributed by atoms with E-state index in [0.717, 1.165) is 72.9 Å². The van der Waals surface area contributed by atoms with Gasteiger partial charge in [-0.25, -0.2) is 4.98 Å². The predicted octanol–water partition coefficient (Wildman–Crippen LogP) is 6.20. The Morgan fingerprint density at radius 3 is 2.81 bits per heavy atom. The van der Waals surface area contributed by atoms with Crippen molar-refractivity contribution in [1.29, 1.82) is 0 Å². The topological polar surface area (TPSA) is 85.8 Å². The van der Waals surface area contributed by atoms with E-state index in [1.54, 1.807) is 11.8 Å². The molecule has 7 nitrogen and oxygen atoms in total. The van der Waals surface area contributed by atoms with E-state index in [1.165, 1.54) is 5.56 Å². The highest BCUT2D eigenvalue weighted by Gasteiger charge is 2.62. The SMILES string of the molecule is CCOC(=O)C12CC(=O)[C@@H]3C[C@]4(CCc5c(c(C)nc6ccc(C)cc56)O4)CN3C(=O)[C@@H](C)CCCCC/C=C\[C@@H]1C2. The molecule has 0 N–H and O–H groups in total. The maximum absolute atomic E-state index is 14.2. The number of ketones is 1. The maximum Gasteiger partial charge on any atom is 0.313 e. The molecule has 4 aliphatic rings. The monoisotopic (exact) mass is 572 g/mol. The highest BCUT2D eigenvalue weighted by molar-refractivity contribution is 5.95. The van der Waals surface area contributed by atoms with Crippen LogP contribution in [0, 0.1) is 31.1 Å². The molecule has 1 unspecified atom stereocenters. The number of carbonyl (C=O) groups is 3. The molecule has 4 heterocycles. The second kappa shape index (κ2) is 11.1. The van der Waals surface area contributed by atoms with E-state index in [-0.39, 0.29) is 42.5 Å². The molecule has 0 bridgehead atoms. The molecule has 1 spiro atoms. The van der Waals surface area contributed by atoms with Gasteiger partial charge in [-0.15, -0.1) is 0 Å². The average Bonchev–Trinajstić information content (AvgIpc) is 3.54. The molecule has 7 heteroatoms. The van der Waals surface area contributed by atoms with E-state index in [9.17, 15) is 14.4 Å². The highest BCUT2D eigenvalue weighted by Crippen LogP contribution is 2.58. The molecule has 42 heavy (non-hydrogen) atoms. The molecule has 1 amide bonds. The third kappa shape index (κ3) is 5.13. The van der Waals surface area contributed by atoms with Crippen molar-refractivity contribution in [3.63, 3.8) is 0 Å². The minimum atomic E-state index is -0.822. The summed E-state index contributed by atoms with van der Waals surface area (Å²) in [5, 5.41) is 1.11. The Kier molecular flexibility index (Phi) is 7.65. The average molecular weight is 573 g/mol. The van der Waals surface area contributed by atoms with Crippen molar-refractivity contribution in [3.05, 3.63) is 47.2 Å². The maximum atomic E-state index is 14.2. The molecule has 1 saturated carbocycles. The van der Waals surface area contributed by atoms with Crippen LogP contribution in [0.15, 0.2) is 30.4 Å². The lowest BCUT2D eigenvalue weighted by Crippen LogP contribution is -2.46. The first kappa shape index (κ1) is 28.9. The number of hydrogen-bond acceptors (Lipinski definition) is 6. The highest BCUT2D eigenvalue weighted by atomic mass is 16.5. The summed E-state index contributed by atoms with van der Waals surface area (Å²) in [5.41, 5.74) is 2.67. The van der Waals surface area contributed by atoms with E-state index in [4.69, 9.17) is 14.5 Å². The number of allylic oxidation sites excluding steroid dienone is 2. The van der Waals surface area contributed by atoms with Gasteiger partial charge in [-0.3, -0.25) is 14.4 Å². The minimum absolute atomic E-state index is 0.00679. The summed E-state index contributed by atoms with van der Waals surface area (Å²) in [5.74, 6) is 0.314. The van der Waals surface area contributed by atoms with Gasteiger partial charge in [-0.05, 0) is 77.3 Å². The first-order valence-corrected chi connectivity index (χ1v) is 15.9. The Bertz CT molecular complexity index is 1450. The Labute approximate surface area is 249 Å². The number of rotatable bonds is 2. The lowest BCUT2D eigenvalue weighted by Gasteiger charge is -2.36. The zero-order valence-corrected chi connectivity index (χ0v) is 25.5. The summed E-state index contributed by atoms with van der Waals surface area (Å²) in [4.78, 5) is 48.0. The summed E-state index contributed by atoms with van der Waals surface area (Å²) in [7, 11) is 0. The molecule has 5 atom stereocenters. The molecule has 2 aromatic rings. The number of hydrogen-bond donors (Lipinski definition) is 0. The van der Waals surface area contributed by atoms with Gasteiger partial charge in [-0.1, -0.05) is 43.5 Å². The van der Waals surface area contributed by atoms with Crippen LogP contribution in [-0.4, -0.2) is 52.3 Å². The van der Waals surface area contributed by atoms with Crippen molar-refractivity contribution in [1.82, 2.24) is 9.88 Å². The van der Waals surface area contributed by atoms with Crippen LogP contribution in [0.25, 0.3) is 10.9 Å². The summed E-state index contributed by atoms with van der Waals surface area (Å²) >= 11 is 0. The molecule has 1 aliphatic carbocycles. The number of benzene rings is 1. The Hall–Kier alpha value is -3.22. The molecule has 6 rings (SSSR count). The number of pyridine rings is 1. The zero-order chi connectivity index (χ0) is 29.6. The normalized spacial score (nSPS) is 32.3. The van der Waals surface area contributed by atoms with Gasteiger partial charge in [0.2, 0.25) is 5.91 Å². The van der Waals surface area contributed by atoms with Crippen molar-refractivity contribution in [2.45, 2.75) is 104 Å². The Morgan fingerprint density at radius 1 is 1.17 bits per heavy atom. The standard InChI is InChI=1S/C35H44N2O5/c1-5-41-33(40)35-18-25(35)12-10-8-6-7-9-11-23(3)32(39)37-21-34(19-29(37)30(38)20-35)16-15-26-27-17-22(2)13-14-28(27)36-24(4)31(26)42-34/h10,12-14,17,23,25,29H,5-9,11,15-16,18-21H2,1-4H3/b12-10-/t23-,25+,29-,34+,35?/m0/s1. The molecular weight excluding hydrogens is 528 g/mol. The van der Waals surface area contributed by atoms with Crippen LogP contribution in [0.5, 0.6) is 5.75 Å². The van der Waals surface area contributed by atoms with Crippen LogP contribution in [0.1, 0.15) is 88.5 Å². The second-order valence-corrected chi connectivity index (χ2v) is 13.3. The number of ether oxygens (including phenoxy) is 2. The molecule has 1 aromatic carbocycles. The van der Waals surface area contributed by atoms with Gasteiger partial charge in [0.1, 0.15) is 11.4 Å². The first-order valence-electron chi connectivity index (χ1n) is 15.9. The molecule has 1 saturated heterocycles. The van der Waals surface area contributed by atoms with Crippen LogP contribution < -0.4 is 4.74 Å². The quantitative estimate of drug-likeness (QED) is 0.315.